The molecule has 22 heavy (non-hydrogen) atoms. The molecule has 0 spiro atoms. The number of aliphatic hydroxyl groups is 1. The Labute approximate surface area is 132 Å². The van der Waals surface area contributed by atoms with Crippen LogP contribution >= 0.6 is 0 Å². The molecular weight excluding hydrogens is 274 g/mol. The van der Waals surface area contributed by atoms with Crippen molar-refractivity contribution in [2.75, 3.05) is 24.6 Å². The third-order valence-electron chi connectivity index (χ3n) is 4.49. The quantitative estimate of drug-likeness (QED) is 0.768. The van der Waals surface area contributed by atoms with Crippen molar-refractivity contribution < 1.29 is 5.11 Å². The highest BCUT2D eigenvalue weighted by atomic mass is 16.3. The number of hydrogen-bond donors (Lipinski definition) is 3. The lowest BCUT2D eigenvalue weighted by Crippen LogP contribution is -2.34. The molecule has 0 unspecified atom stereocenters. The summed E-state index contributed by atoms with van der Waals surface area (Å²) in [5.74, 6) is 0.494. The van der Waals surface area contributed by atoms with Gasteiger partial charge in [0.2, 0.25) is 0 Å². The minimum absolute atomic E-state index is 0.333. The SMILES string of the molecule is OCC1CCN(c2ccc(CNCc3cc[nH]c3)cc2)CC1. The van der Waals surface area contributed by atoms with Crippen molar-refractivity contribution in [1.29, 1.82) is 0 Å². The minimum Gasteiger partial charge on any atom is -0.396 e. The molecule has 0 atom stereocenters. The zero-order chi connectivity index (χ0) is 15.2. The normalized spacial score (nSPS) is 16.1. The Morgan fingerprint density at radius 3 is 2.41 bits per heavy atom. The van der Waals surface area contributed by atoms with E-state index in [0.717, 1.165) is 39.0 Å². The van der Waals surface area contributed by atoms with Crippen LogP contribution in [0.4, 0.5) is 5.69 Å². The minimum atomic E-state index is 0.333. The van der Waals surface area contributed by atoms with E-state index in [2.05, 4.69) is 45.5 Å². The first-order valence-corrected chi connectivity index (χ1v) is 8.12. The van der Waals surface area contributed by atoms with Gasteiger partial charge < -0.3 is 20.3 Å². The van der Waals surface area contributed by atoms with E-state index in [1.165, 1.54) is 16.8 Å². The fourth-order valence-corrected chi connectivity index (χ4v) is 3.02. The second kappa shape index (κ2) is 7.47. The van der Waals surface area contributed by atoms with Gasteiger partial charge >= 0.3 is 0 Å². The van der Waals surface area contributed by atoms with Crippen LogP contribution < -0.4 is 10.2 Å². The van der Waals surface area contributed by atoms with E-state index in [4.69, 9.17) is 0 Å². The number of piperidine rings is 1. The maximum atomic E-state index is 9.21. The van der Waals surface area contributed by atoms with E-state index < -0.39 is 0 Å². The van der Waals surface area contributed by atoms with Gasteiger partial charge in [-0.15, -0.1) is 0 Å². The Kier molecular flexibility index (Phi) is 5.14. The first kappa shape index (κ1) is 15.1. The number of nitrogens with zero attached hydrogens (tertiary/aromatic N) is 1. The van der Waals surface area contributed by atoms with Crippen LogP contribution in [0.15, 0.2) is 42.7 Å². The summed E-state index contributed by atoms with van der Waals surface area (Å²) in [6.45, 7) is 4.21. The highest BCUT2D eigenvalue weighted by molar-refractivity contribution is 5.48. The molecule has 2 heterocycles. The van der Waals surface area contributed by atoms with Crippen LogP contribution in [-0.4, -0.2) is 29.8 Å². The highest BCUT2D eigenvalue weighted by Crippen LogP contribution is 2.23. The third kappa shape index (κ3) is 3.90. The van der Waals surface area contributed by atoms with Crippen molar-refractivity contribution in [3.63, 3.8) is 0 Å². The standard InChI is InChI=1S/C18H25N3O/c22-14-16-6-9-21(10-7-16)18-3-1-15(2-4-18)11-20-13-17-5-8-19-12-17/h1-5,8,12,16,19-20,22H,6-7,9-11,13-14H2. The van der Waals surface area contributed by atoms with Crippen molar-refractivity contribution in [2.24, 2.45) is 5.92 Å². The molecule has 1 fully saturated rings. The van der Waals surface area contributed by atoms with Crippen LogP contribution in [0.2, 0.25) is 0 Å². The zero-order valence-corrected chi connectivity index (χ0v) is 13.0. The first-order valence-electron chi connectivity index (χ1n) is 8.12. The van der Waals surface area contributed by atoms with Gasteiger partial charge in [0.05, 0.1) is 0 Å². The second-order valence-corrected chi connectivity index (χ2v) is 6.10. The molecule has 0 bridgehead atoms. The molecule has 0 amide bonds. The molecule has 1 aromatic carbocycles. The topological polar surface area (TPSA) is 51.3 Å². The van der Waals surface area contributed by atoms with Crippen LogP contribution in [0.5, 0.6) is 0 Å². The van der Waals surface area contributed by atoms with Crippen LogP contribution in [0.3, 0.4) is 0 Å². The summed E-state index contributed by atoms with van der Waals surface area (Å²) in [6.07, 6.45) is 6.16. The van der Waals surface area contributed by atoms with Gasteiger partial charge in [-0.1, -0.05) is 12.1 Å². The van der Waals surface area contributed by atoms with Gasteiger partial charge in [0.15, 0.2) is 0 Å². The predicted octanol–water partition coefficient (Wildman–Crippen LogP) is 2.51. The molecule has 1 aliphatic rings. The molecule has 2 aromatic rings. The lowest BCUT2D eigenvalue weighted by molar-refractivity contribution is 0.203. The molecular formula is C18H25N3O. The Balaban J connectivity index is 1.48. The summed E-state index contributed by atoms with van der Waals surface area (Å²) in [5, 5.41) is 12.7. The number of benzene rings is 1. The smallest absolute Gasteiger partial charge is 0.0460 e. The summed E-state index contributed by atoms with van der Waals surface area (Å²) < 4.78 is 0. The molecule has 1 aromatic heterocycles. The average molecular weight is 299 g/mol. The van der Waals surface area contributed by atoms with E-state index in [1.54, 1.807) is 0 Å². The van der Waals surface area contributed by atoms with Crippen LogP contribution in [0.1, 0.15) is 24.0 Å². The summed E-state index contributed by atoms with van der Waals surface area (Å²) in [6, 6.07) is 10.9. The van der Waals surface area contributed by atoms with E-state index >= 15 is 0 Å². The Hall–Kier alpha value is -1.78. The van der Waals surface area contributed by atoms with Gasteiger partial charge in [0, 0.05) is 50.9 Å². The number of nitrogens with one attached hydrogen (secondary N) is 2. The van der Waals surface area contributed by atoms with Gasteiger partial charge in [-0.2, -0.15) is 0 Å². The average Bonchev–Trinajstić information content (AvgIpc) is 3.09. The maximum absolute atomic E-state index is 9.21. The second-order valence-electron chi connectivity index (χ2n) is 6.10. The first-order chi connectivity index (χ1) is 10.8. The zero-order valence-electron chi connectivity index (χ0n) is 13.0. The van der Waals surface area contributed by atoms with Gasteiger partial charge in [-0.25, -0.2) is 0 Å². The van der Waals surface area contributed by atoms with Crippen molar-refractivity contribution in [2.45, 2.75) is 25.9 Å². The summed E-state index contributed by atoms with van der Waals surface area (Å²) in [7, 11) is 0. The van der Waals surface area contributed by atoms with Crippen molar-refractivity contribution >= 4 is 5.69 Å². The third-order valence-corrected chi connectivity index (χ3v) is 4.49. The number of aliphatic hydroxyl groups excluding tert-OH is 1. The van der Waals surface area contributed by atoms with E-state index in [9.17, 15) is 5.11 Å². The maximum Gasteiger partial charge on any atom is 0.0460 e. The molecule has 118 valence electrons. The number of aromatic amines is 1. The van der Waals surface area contributed by atoms with Gasteiger partial charge in [0.25, 0.3) is 0 Å². The fourth-order valence-electron chi connectivity index (χ4n) is 3.02. The van der Waals surface area contributed by atoms with Gasteiger partial charge in [-0.3, -0.25) is 0 Å². The largest absolute Gasteiger partial charge is 0.396 e. The number of hydrogen-bond acceptors (Lipinski definition) is 3. The van der Waals surface area contributed by atoms with Crippen LogP contribution in [-0.2, 0) is 13.1 Å². The summed E-state index contributed by atoms with van der Waals surface area (Å²) in [5.41, 5.74) is 3.89. The Morgan fingerprint density at radius 2 is 1.77 bits per heavy atom. The Bertz CT molecular complexity index is 542. The molecule has 1 aliphatic heterocycles. The number of anilines is 1. The molecule has 0 radical (unpaired) electrons. The monoisotopic (exact) mass is 299 g/mol. The van der Waals surface area contributed by atoms with Crippen molar-refractivity contribution in [3.05, 3.63) is 53.9 Å². The van der Waals surface area contributed by atoms with Crippen molar-refractivity contribution in [3.8, 4) is 0 Å². The lowest BCUT2D eigenvalue weighted by Gasteiger charge is -2.33. The fraction of sp³-hybridized carbons (Fsp3) is 0.444. The lowest BCUT2D eigenvalue weighted by atomic mass is 9.97. The predicted molar refractivity (Wildman–Crippen MR) is 89.8 cm³/mol. The van der Waals surface area contributed by atoms with E-state index in [1.807, 2.05) is 12.4 Å². The van der Waals surface area contributed by atoms with Crippen molar-refractivity contribution in [1.82, 2.24) is 10.3 Å². The molecule has 4 nitrogen and oxygen atoms in total. The molecule has 0 saturated carbocycles. The van der Waals surface area contributed by atoms with E-state index in [-0.39, 0.29) is 0 Å². The van der Waals surface area contributed by atoms with E-state index in [0.29, 0.717) is 12.5 Å². The number of aromatic nitrogens is 1. The van der Waals surface area contributed by atoms with Gasteiger partial charge in [0.1, 0.15) is 0 Å². The molecule has 3 N–H and O–H groups in total. The molecule has 3 rings (SSSR count). The van der Waals surface area contributed by atoms with Crippen LogP contribution in [0, 0.1) is 5.92 Å². The summed E-state index contributed by atoms with van der Waals surface area (Å²) in [4.78, 5) is 5.49. The Morgan fingerprint density at radius 1 is 1.05 bits per heavy atom. The van der Waals surface area contributed by atoms with Gasteiger partial charge in [-0.05, 0) is 48.1 Å². The molecule has 4 heteroatoms. The number of H-pyrrole nitrogens is 1. The van der Waals surface area contributed by atoms with Crippen LogP contribution in [0.25, 0.3) is 0 Å². The number of rotatable bonds is 6. The summed E-state index contributed by atoms with van der Waals surface area (Å²) >= 11 is 0. The molecule has 1 saturated heterocycles. The molecule has 0 aliphatic carbocycles. The highest BCUT2D eigenvalue weighted by Gasteiger charge is 2.18.